The fourth-order valence-electron chi connectivity index (χ4n) is 4.99. The second kappa shape index (κ2) is 10.4. The zero-order valence-electron chi connectivity index (χ0n) is 19.5. The number of fused-ring (bicyclic) bond motifs is 2. The summed E-state index contributed by atoms with van der Waals surface area (Å²) < 4.78 is 5.49. The number of aromatic hydroxyl groups is 2. The Morgan fingerprint density at radius 3 is 1.79 bits per heavy atom. The summed E-state index contributed by atoms with van der Waals surface area (Å²) in [5.74, 6) is 0.637. The van der Waals surface area contributed by atoms with Crippen LogP contribution in [0.1, 0.15) is 17.5 Å². The molecule has 5 nitrogen and oxygen atoms in total. The smallest absolute Gasteiger partial charge is 0.120 e. The summed E-state index contributed by atoms with van der Waals surface area (Å²) in [6.07, 6.45) is 1.01. The normalized spacial score (nSPS) is 14.9. The van der Waals surface area contributed by atoms with E-state index in [2.05, 4.69) is 34.1 Å². The largest absolute Gasteiger partial charge is 0.508 e. The van der Waals surface area contributed by atoms with E-state index in [4.69, 9.17) is 4.74 Å². The molecule has 0 spiro atoms. The number of benzene rings is 4. The lowest BCUT2D eigenvalue weighted by Crippen LogP contribution is -2.38. The van der Waals surface area contributed by atoms with Gasteiger partial charge in [-0.15, -0.1) is 0 Å². The van der Waals surface area contributed by atoms with Crippen LogP contribution < -0.4 is 0 Å². The number of ether oxygens (including phenoxy) is 1. The van der Waals surface area contributed by atoms with Gasteiger partial charge in [0.2, 0.25) is 0 Å². The van der Waals surface area contributed by atoms with Gasteiger partial charge in [0.25, 0.3) is 0 Å². The zero-order chi connectivity index (χ0) is 23.3. The lowest BCUT2D eigenvalue weighted by molar-refractivity contribution is 0.0358. The van der Waals surface area contributed by atoms with E-state index in [9.17, 15) is 10.2 Å². The van der Waals surface area contributed by atoms with Crippen LogP contribution in [-0.2, 0) is 17.8 Å². The summed E-state index contributed by atoms with van der Waals surface area (Å²) in [5, 5.41) is 25.9. The third-order valence-corrected chi connectivity index (χ3v) is 6.85. The number of rotatable bonds is 8. The fraction of sp³-hybridized carbons (Fsp3) is 0.310. The summed E-state index contributed by atoms with van der Waals surface area (Å²) in [6, 6.07) is 23.9. The van der Waals surface area contributed by atoms with E-state index in [1.54, 1.807) is 12.1 Å². The maximum absolute atomic E-state index is 10.8. The third-order valence-electron chi connectivity index (χ3n) is 6.85. The minimum Gasteiger partial charge on any atom is -0.508 e. The molecule has 1 aliphatic heterocycles. The van der Waals surface area contributed by atoms with Gasteiger partial charge in [0.05, 0.1) is 13.2 Å². The average Bonchev–Trinajstić information content (AvgIpc) is 2.88. The van der Waals surface area contributed by atoms with Crippen molar-refractivity contribution < 1.29 is 14.9 Å². The van der Waals surface area contributed by atoms with Crippen LogP contribution in [0, 0.1) is 0 Å². The number of morpholine rings is 1. The summed E-state index contributed by atoms with van der Waals surface area (Å²) in [5.41, 5.74) is 1.87. The maximum Gasteiger partial charge on any atom is 0.120 e. The molecule has 0 unspecified atom stereocenters. The first-order chi connectivity index (χ1) is 16.7. The molecule has 5 rings (SSSR count). The molecule has 0 atom stereocenters. The molecule has 0 bridgehead atoms. The summed E-state index contributed by atoms with van der Waals surface area (Å²) in [6.45, 7) is 6.67. The van der Waals surface area contributed by atoms with Crippen LogP contribution in [0.15, 0.2) is 72.8 Å². The zero-order valence-corrected chi connectivity index (χ0v) is 19.5. The van der Waals surface area contributed by atoms with Crippen molar-refractivity contribution in [2.24, 2.45) is 0 Å². The van der Waals surface area contributed by atoms with Crippen LogP contribution in [-0.4, -0.2) is 59.4 Å². The molecule has 0 saturated carbocycles. The highest BCUT2D eigenvalue weighted by atomic mass is 16.5. The predicted octanol–water partition coefficient (Wildman–Crippen LogP) is 5.13. The Morgan fingerprint density at radius 1 is 0.706 bits per heavy atom. The third kappa shape index (κ3) is 5.02. The number of phenolic OH excluding ortho intramolecular Hbond substituents is 2. The van der Waals surface area contributed by atoms with Crippen LogP contribution in [0.3, 0.4) is 0 Å². The lowest BCUT2D eigenvalue weighted by Gasteiger charge is -2.29. The van der Waals surface area contributed by atoms with E-state index < -0.39 is 0 Å². The van der Waals surface area contributed by atoms with Crippen molar-refractivity contribution in [3.05, 3.63) is 83.9 Å². The van der Waals surface area contributed by atoms with Gasteiger partial charge in [-0.25, -0.2) is 0 Å². The summed E-state index contributed by atoms with van der Waals surface area (Å²) >= 11 is 0. The van der Waals surface area contributed by atoms with Crippen molar-refractivity contribution in [1.29, 1.82) is 0 Å². The molecule has 34 heavy (non-hydrogen) atoms. The van der Waals surface area contributed by atoms with Crippen LogP contribution >= 0.6 is 0 Å². The van der Waals surface area contributed by atoms with E-state index in [1.165, 1.54) is 0 Å². The molecule has 0 amide bonds. The maximum atomic E-state index is 10.8. The quantitative estimate of drug-likeness (QED) is 0.385. The SMILES string of the molecule is Oc1ccc2ccccc2c1CN(CCCN1CCOCC1)Cc1c(O)ccc2ccccc12. The topological polar surface area (TPSA) is 56.2 Å². The number of nitrogens with zero attached hydrogens (tertiary/aromatic N) is 2. The second-order valence-electron chi connectivity index (χ2n) is 9.09. The van der Waals surface area contributed by atoms with Crippen molar-refractivity contribution in [3.8, 4) is 11.5 Å². The molecule has 4 aromatic carbocycles. The Bertz CT molecular complexity index is 1180. The number of hydrogen-bond acceptors (Lipinski definition) is 5. The molecule has 0 radical (unpaired) electrons. The Hall–Kier alpha value is -3.12. The van der Waals surface area contributed by atoms with Crippen molar-refractivity contribution in [1.82, 2.24) is 9.80 Å². The van der Waals surface area contributed by atoms with Crippen LogP contribution in [0.25, 0.3) is 21.5 Å². The Morgan fingerprint density at radius 2 is 1.24 bits per heavy atom. The Labute approximate surface area is 200 Å². The molecule has 1 aliphatic rings. The van der Waals surface area contributed by atoms with Gasteiger partial charge < -0.3 is 14.9 Å². The number of hydrogen-bond donors (Lipinski definition) is 2. The highest BCUT2D eigenvalue weighted by molar-refractivity contribution is 5.88. The first kappa shape index (κ1) is 22.7. The van der Waals surface area contributed by atoms with Gasteiger partial charge in [0.15, 0.2) is 0 Å². The van der Waals surface area contributed by atoms with E-state index in [0.717, 1.165) is 78.5 Å². The Balaban J connectivity index is 1.43. The predicted molar refractivity (Wildman–Crippen MR) is 137 cm³/mol. The van der Waals surface area contributed by atoms with Crippen molar-refractivity contribution in [2.45, 2.75) is 19.5 Å². The van der Waals surface area contributed by atoms with Crippen molar-refractivity contribution in [2.75, 3.05) is 39.4 Å². The lowest BCUT2D eigenvalue weighted by atomic mass is 10.0. The van der Waals surface area contributed by atoms with Gasteiger partial charge in [-0.05, 0) is 46.6 Å². The van der Waals surface area contributed by atoms with Gasteiger partial charge >= 0.3 is 0 Å². The standard InChI is InChI=1S/C29H32N2O3/c32-28-12-10-22-6-1-3-8-24(22)26(28)20-31(15-5-14-30-16-18-34-19-17-30)21-27-25-9-4-2-7-23(25)11-13-29(27)33/h1-4,6-13,32-33H,5,14-21H2. The van der Waals surface area contributed by atoms with Gasteiger partial charge in [-0.1, -0.05) is 60.7 Å². The minimum atomic E-state index is 0.319. The molecule has 0 aliphatic carbocycles. The van der Waals surface area contributed by atoms with Gasteiger partial charge in [0, 0.05) is 43.9 Å². The van der Waals surface area contributed by atoms with Crippen LogP contribution in [0.5, 0.6) is 11.5 Å². The van der Waals surface area contributed by atoms with Crippen molar-refractivity contribution in [3.63, 3.8) is 0 Å². The molecular formula is C29H32N2O3. The number of phenols is 2. The second-order valence-corrected chi connectivity index (χ2v) is 9.09. The molecule has 2 N–H and O–H groups in total. The molecule has 1 heterocycles. The average molecular weight is 457 g/mol. The molecule has 4 aromatic rings. The molecule has 176 valence electrons. The molecule has 1 fully saturated rings. The first-order valence-electron chi connectivity index (χ1n) is 12.1. The summed E-state index contributed by atoms with van der Waals surface area (Å²) in [4.78, 5) is 4.80. The van der Waals surface area contributed by atoms with Crippen molar-refractivity contribution >= 4 is 21.5 Å². The highest BCUT2D eigenvalue weighted by Crippen LogP contribution is 2.32. The van der Waals surface area contributed by atoms with Crippen LogP contribution in [0.2, 0.25) is 0 Å². The molecule has 5 heteroatoms. The van der Waals surface area contributed by atoms with Gasteiger partial charge in [-0.2, -0.15) is 0 Å². The van der Waals surface area contributed by atoms with E-state index in [-0.39, 0.29) is 0 Å². The van der Waals surface area contributed by atoms with E-state index in [1.807, 2.05) is 36.4 Å². The molecule has 0 aromatic heterocycles. The first-order valence-corrected chi connectivity index (χ1v) is 12.1. The van der Waals surface area contributed by atoms with E-state index in [0.29, 0.717) is 24.6 Å². The van der Waals surface area contributed by atoms with Crippen LogP contribution in [0.4, 0.5) is 0 Å². The highest BCUT2D eigenvalue weighted by Gasteiger charge is 2.17. The summed E-state index contributed by atoms with van der Waals surface area (Å²) in [7, 11) is 0. The fourth-order valence-corrected chi connectivity index (χ4v) is 4.99. The Kier molecular flexibility index (Phi) is 6.95. The van der Waals surface area contributed by atoms with Gasteiger partial charge in [0.1, 0.15) is 11.5 Å². The molecular weight excluding hydrogens is 424 g/mol. The van der Waals surface area contributed by atoms with Gasteiger partial charge in [-0.3, -0.25) is 9.80 Å². The minimum absolute atomic E-state index is 0.319. The van der Waals surface area contributed by atoms with E-state index >= 15 is 0 Å². The monoisotopic (exact) mass is 456 g/mol. The molecule has 1 saturated heterocycles.